The zero-order chi connectivity index (χ0) is 16.4. The van der Waals surface area contributed by atoms with E-state index in [0.29, 0.717) is 11.6 Å². The van der Waals surface area contributed by atoms with Crippen molar-refractivity contribution < 1.29 is 4.79 Å². The molecule has 0 saturated carbocycles. The predicted octanol–water partition coefficient (Wildman–Crippen LogP) is 3.17. The van der Waals surface area contributed by atoms with Crippen LogP contribution < -0.4 is 0 Å². The highest BCUT2D eigenvalue weighted by Gasteiger charge is 2.29. The molecule has 1 saturated heterocycles. The number of aryl methyl sites for hydroxylation is 3. The Hall–Kier alpha value is -2.10. The lowest BCUT2D eigenvalue weighted by molar-refractivity contribution is 0.0780. The van der Waals surface area contributed by atoms with Crippen LogP contribution in [0.2, 0.25) is 0 Å². The van der Waals surface area contributed by atoms with E-state index in [2.05, 4.69) is 43.2 Å². The van der Waals surface area contributed by atoms with Gasteiger partial charge >= 0.3 is 0 Å². The summed E-state index contributed by atoms with van der Waals surface area (Å²) in [6, 6.07) is 10.8. The fraction of sp³-hybridized carbons (Fsp3) is 0.474. The Morgan fingerprint density at radius 1 is 1.22 bits per heavy atom. The molecule has 0 aliphatic carbocycles. The van der Waals surface area contributed by atoms with E-state index in [1.165, 1.54) is 11.1 Å². The van der Waals surface area contributed by atoms with Crippen LogP contribution in [0.5, 0.6) is 0 Å². The van der Waals surface area contributed by atoms with E-state index < -0.39 is 0 Å². The Bertz CT molecular complexity index is 687. The van der Waals surface area contributed by atoms with Gasteiger partial charge in [-0.05, 0) is 36.5 Å². The van der Waals surface area contributed by atoms with Crippen molar-refractivity contribution in [2.75, 3.05) is 13.1 Å². The first-order valence-electron chi connectivity index (χ1n) is 8.53. The molecule has 2 heterocycles. The van der Waals surface area contributed by atoms with Crippen LogP contribution in [0.15, 0.2) is 30.3 Å². The van der Waals surface area contributed by atoms with Crippen molar-refractivity contribution in [1.82, 2.24) is 14.7 Å². The lowest BCUT2D eigenvalue weighted by Gasteiger charge is -2.16. The van der Waals surface area contributed by atoms with Crippen LogP contribution in [-0.2, 0) is 19.9 Å². The van der Waals surface area contributed by atoms with Crippen LogP contribution in [0.25, 0.3) is 0 Å². The van der Waals surface area contributed by atoms with Gasteiger partial charge in [-0.2, -0.15) is 5.10 Å². The minimum Gasteiger partial charge on any atom is -0.337 e. The van der Waals surface area contributed by atoms with Crippen molar-refractivity contribution in [1.29, 1.82) is 0 Å². The highest BCUT2D eigenvalue weighted by atomic mass is 16.2. The monoisotopic (exact) mass is 311 g/mol. The smallest absolute Gasteiger partial charge is 0.272 e. The third-order valence-corrected chi connectivity index (χ3v) is 4.85. The molecule has 4 heteroatoms. The van der Waals surface area contributed by atoms with Crippen molar-refractivity contribution >= 4 is 5.91 Å². The molecule has 1 aliphatic heterocycles. The summed E-state index contributed by atoms with van der Waals surface area (Å²) in [7, 11) is 1.85. The summed E-state index contributed by atoms with van der Waals surface area (Å²) in [5.41, 5.74) is 4.38. The van der Waals surface area contributed by atoms with E-state index in [-0.39, 0.29) is 5.91 Å². The zero-order valence-corrected chi connectivity index (χ0v) is 14.2. The lowest BCUT2D eigenvalue weighted by Crippen LogP contribution is -2.30. The van der Waals surface area contributed by atoms with Crippen molar-refractivity contribution in [3.8, 4) is 0 Å². The number of hydrogen-bond donors (Lipinski definition) is 0. The van der Waals surface area contributed by atoms with Gasteiger partial charge in [-0.3, -0.25) is 9.48 Å². The maximum Gasteiger partial charge on any atom is 0.272 e. The molecule has 1 unspecified atom stereocenters. The van der Waals surface area contributed by atoms with Crippen LogP contribution in [0.1, 0.15) is 53.5 Å². The number of nitrogens with zero attached hydrogens (tertiary/aromatic N) is 3. The lowest BCUT2D eigenvalue weighted by atomic mass is 9.97. The van der Waals surface area contributed by atoms with Crippen LogP contribution in [0, 0.1) is 0 Å². The molecule has 4 nitrogen and oxygen atoms in total. The summed E-state index contributed by atoms with van der Waals surface area (Å²) in [5.74, 6) is 0.552. The minimum absolute atomic E-state index is 0.104. The molecule has 1 atom stereocenters. The average Bonchev–Trinajstić information content (AvgIpc) is 3.21. The summed E-state index contributed by atoms with van der Waals surface area (Å²) < 4.78 is 1.71. The standard InChI is InChI=1S/C19H25N3O/c1-4-14-6-8-15(9-7-14)16-10-11-22(13-16)19(23)18-12-17(5-2)20-21(18)3/h6-9,12,16H,4-5,10-11,13H2,1-3H3. The second-order valence-electron chi connectivity index (χ2n) is 6.33. The third-order valence-electron chi connectivity index (χ3n) is 4.85. The molecule has 1 aromatic heterocycles. The van der Waals surface area contributed by atoms with E-state index in [1.807, 2.05) is 18.0 Å². The Kier molecular flexibility index (Phi) is 4.51. The summed E-state index contributed by atoms with van der Waals surface area (Å²) in [6.07, 6.45) is 2.96. The summed E-state index contributed by atoms with van der Waals surface area (Å²) in [6.45, 7) is 5.86. The highest BCUT2D eigenvalue weighted by molar-refractivity contribution is 5.93. The number of likely N-dealkylation sites (tertiary alicyclic amines) is 1. The summed E-state index contributed by atoms with van der Waals surface area (Å²) in [5, 5.41) is 4.39. The van der Waals surface area contributed by atoms with Crippen LogP contribution >= 0.6 is 0 Å². The molecule has 1 aromatic carbocycles. The SMILES string of the molecule is CCc1ccc(C2CCN(C(=O)c3cc(CC)nn3C)C2)cc1. The molecule has 0 N–H and O–H groups in total. The van der Waals surface area contributed by atoms with E-state index in [4.69, 9.17) is 0 Å². The number of carbonyl (C=O) groups is 1. The molecule has 0 radical (unpaired) electrons. The Morgan fingerprint density at radius 2 is 1.96 bits per heavy atom. The maximum absolute atomic E-state index is 12.7. The van der Waals surface area contributed by atoms with Gasteiger partial charge in [0.25, 0.3) is 5.91 Å². The number of aromatic nitrogens is 2. The summed E-state index contributed by atoms with van der Waals surface area (Å²) in [4.78, 5) is 14.7. The van der Waals surface area contributed by atoms with Gasteiger partial charge in [0.05, 0.1) is 5.69 Å². The number of amides is 1. The van der Waals surface area contributed by atoms with Crippen molar-refractivity contribution in [3.05, 3.63) is 52.8 Å². The number of hydrogen-bond acceptors (Lipinski definition) is 2. The quantitative estimate of drug-likeness (QED) is 0.870. The molecule has 0 bridgehead atoms. The second kappa shape index (κ2) is 6.57. The zero-order valence-electron chi connectivity index (χ0n) is 14.2. The van der Waals surface area contributed by atoms with Gasteiger partial charge in [0.15, 0.2) is 0 Å². The Labute approximate surface area is 138 Å². The predicted molar refractivity (Wildman–Crippen MR) is 91.7 cm³/mol. The molecule has 1 fully saturated rings. The van der Waals surface area contributed by atoms with E-state index >= 15 is 0 Å². The highest BCUT2D eigenvalue weighted by Crippen LogP contribution is 2.28. The number of benzene rings is 1. The molecule has 3 rings (SSSR count). The molecule has 2 aromatic rings. The number of carbonyl (C=O) groups excluding carboxylic acids is 1. The van der Waals surface area contributed by atoms with Crippen LogP contribution in [-0.4, -0.2) is 33.7 Å². The molecule has 23 heavy (non-hydrogen) atoms. The number of rotatable bonds is 4. The Morgan fingerprint density at radius 3 is 2.57 bits per heavy atom. The topological polar surface area (TPSA) is 38.1 Å². The van der Waals surface area contributed by atoms with Crippen LogP contribution in [0.3, 0.4) is 0 Å². The van der Waals surface area contributed by atoms with E-state index in [1.54, 1.807) is 4.68 Å². The van der Waals surface area contributed by atoms with E-state index in [9.17, 15) is 4.79 Å². The largest absolute Gasteiger partial charge is 0.337 e. The van der Waals surface area contributed by atoms with Gasteiger partial charge in [0.1, 0.15) is 5.69 Å². The molecule has 122 valence electrons. The van der Waals surface area contributed by atoms with Gasteiger partial charge in [0.2, 0.25) is 0 Å². The van der Waals surface area contributed by atoms with Crippen molar-refractivity contribution in [2.45, 2.75) is 39.0 Å². The van der Waals surface area contributed by atoms with Gasteiger partial charge < -0.3 is 4.90 Å². The van der Waals surface area contributed by atoms with Crippen molar-refractivity contribution in [2.24, 2.45) is 7.05 Å². The molecular weight excluding hydrogens is 286 g/mol. The van der Waals surface area contributed by atoms with Crippen LogP contribution in [0.4, 0.5) is 0 Å². The fourth-order valence-electron chi connectivity index (χ4n) is 3.30. The third kappa shape index (κ3) is 3.16. The van der Waals surface area contributed by atoms with Gasteiger partial charge in [-0.15, -0.1) is 0 Å². The molecular formula is C19H25N3O. The fourth-order valence-corrected chi connectivity index (χ4v) is 3.30. The first-order chi connectivity index (χ1) is 11.1. The minimum atomic E-state index is 0.104. The van der Waals surface area contributed by atoms with Gasteiger partial charge in [-0.25, -0.2) is 0 Å². The molecule has 1 aliphatic rings. The maximum atomic E-state index is 12.7. The Balaban J connectivity index is 1.71. The first-order valence-corrected chi connectivity index (χ1v) is 8.53. The van der Waals surface area contributed by atoms with Crippen molar-refractivity contribution in [3.63, 3.8) is 0 Å². The summed E-state index contributed by atoms with van der Waals surface area (Å²) >= 11 is 0. The molecule has 1 amide bonds. The molecule has 0 spiro atoms. The first kappa shape index (κ1) is 15.8. The normalized spacial score (nSPS) is 17.7. The van der Waals surface area contributed by atoms with Gasteiger partial charge in [0, 0.05) is 26.1 Å². The van der Waals surface area contributed by atoms with Gasteiger partial charge in [-0.1, -0.05) is 38.1 Å². The van der Waals surface area contributed by atoms with E-state index in [0.717, 1.165) is 38.0 Å². The second-order valence-corrected chi connectivity index (χ2v) is 6.33. The average molecular weight is 311 g/mol.